The van der Waals surface area contributed by atoms with Crippen molar-refractivity contribution >= 4 is 16.0 Å². The Hall–Kier alpha value is -0.660. The van der Waals surface area contributed by atoms with Gasteiger partial charge in [-0.05, 0) is 38.1 Å². The first-order valence-electron chi connectivity index (χ1n) is 7.35. The van der Waals surface area contributed by atoms with E-state index < -0.39 is 16.0 Å². The fourth-order valence-corrected chi connectivity index (χ4v) is 4.68. The van der Waals surface area contributed by atoms with Gasteiger partial charge >= 0.3 is 5.97 Å². The van der Waals surface area contributed by atoms with E-state index in [1.807, 2.05) is 11.8 Å². The van der Waals surface area contributed by atoms with Crippen LogP contribution in [0.15, 0.2) is 0 Å². The Bertz CT molecular complexity index is 441. The molecular weight excluding hydrogens is 280 g/mol. The molecule has 7 heteroatoms. The minimum Gasteiger partial charge on any atom is -0.480 e. The number of sulfonamides is 1. The zero-order valence-electron chi connectivity index (χ0n) is 11.9. The van der Waals surface area contributed by atoms with E-state index in [4.69, 9.17) is 5.11 Å². The Kier molecular flexibility index (Phi) is 5.04. The molecule has 0 unspecified atom stereocenters. The molecule has 0 aromatic carbocycles. The Morgan fingerprint density at radius 1 is 1.35 bits per heavy atom. The van der Waals surface area contributed by atoms with Crippen molar-refractivity contribution in [1.82, 2.24) is 9.62 Å². The standard InChI is InChI=1S/C13H24N2O4S/c1-2-15(8-13(16)17)12-6-11(7-12)14-20(18,19)9-10-4-3-5-10/h10-12,14H,2-9H2,1H3,(H,16,17). The molecule has 0 bridgehead atoms. The Morgan fingerprint density at radius 2 is 2.00 bits per heavy atom. The lowest BCUT2D eigenvalue weighted by Gasteiger charge is -2.42. The van der Waals surface area contributed by atoms with E-state index in [1.54, 1.807) is 0 Å². The number of rotatable bonds is 8. The van der Waals surface area contributed by atoms with E-state index in [9.17, 15) is 13.2 Å². The van der Waals surface area contributed by atoms with Crippen LogP contribution >= 0.6 is 0 Å². The largest absolute Gasteiger partial charge is 0.480 e. The van der Waals surface area contributed by atoms with Crippen LogP contribution in [0.2, 0.25) is 0 Å². The fraction of sp³-hybridized carbons (Fsp3) is 0.923. The number of hydrogen-bond donors (Lipinski definition) is 2. The molecule has 2 saturated carbocycles. The maximum absolute atomic E-state index is 11.9. The van der Waals surface area contributed by atoms with Gasteiger partial charge in [-0.25, -0.2) is 13.1 Å². The molecule has 20 heavy (non-hydrogen) atoms. The highest BCUT2D eigenvalue weighted by Gasteiger charge is 2.36. The normalized spacial score (nSPS) is 27.1. The molecule has 6 nitrogen and oxygen atoms in total. The summed E-state index contributed by atoms with van der Waals surface area (Å²) in [5, 5.41) is 8.82. The topological polar surface area (TPSA) is 86.7 Å². The number of carboxylic acids is 1. The van der Waals surface area contributed by atoms with Gasteiger partial charge in [0.1, 0.15) is 0 Å². The van der Waals surface area contributed by atoms with Gasteiger partial charge < -0.3 is 5.11 Å². The molecule has 0 heterocycles. The van der Waals surface area contributed by atoms with Crippen LogP contribution in [0.4, 0.5) is 0 Å². The van der Waals surface area contributed by atoms with Crippen LogP contribution in [0, 0.1) is 5.92 Å². The number of hydrogen-bond acceptors (Lipinski definition) is 4. The van der Waals surface area contributed by atoms with Gasteiger partial charge in [0.15, 0.2) is 0 Å². The smallest absolute Gasteiger partial charge is 0.317 e. The SMILES string of the molecule is CCN(CC(=O)O)C1CC(NS(=O)(=O)CC2CCC2)C1. The van der Waals surface area contributed by atoms with Gasteiger partial charge in [0.05, 0.1) is 12.3 Å². The van der Waals surface area contributed by atoms with Gasteiger partial charge in [-0.3, -0.25) is 9.69 Å². The quantitative estimate of drug-likeness (QED) is 0.687. The molecule has 2 rings (SSSR count). The lowest BCUT2D eigenvalue weighted by Crippen LogP contribution is -2.55. The number of likely N-dealkylation sites (N-methyl/N-ethyl adjacent to an activating group) is 1. The van der Waals surface area contributed by atoms with Crippen molar-refractivity contribution in [2.24, 2.45) is 5.92 Å². The number of aliphatic carboxylic acids is 1. The lowest BCUT2D eigenvalue weighted by molar-refractivity contribution is -0.139. The third kappa shape index (κ3) is 4.17. The monoisotopic (exact) mass is 304 g/mol. The van der Waals surface area contributed by atoms with E-state index in [-0.39, 0.29) is 24.4 Å². The summed E-state index contributed by atoms with van der Waals surface area (Å²) in [4.78, 5) is 12.6. The van der Waals surface area contributed by atoms with Gasteiger partial charge in [0, 0.05) is 12.1 Å². The maximum Gasteiger partial charge on any atom is 0.317 e. The van der Waals surface area contributed by atoms with Crippen molar-refractivity contribution in [2.75, 3.05) is 18.8 Å². The highest BCUT2D eigenvalue weighted by atomic mass is 32.2. The summed E-state index contributed by atoms with van der Waals surface area (Å²) in [5.41, 5.74) is 0. The highest BCUT2D eigenvalue weighted by Crippen LogP contribution is 2.29. The average molecular weight is 304 g/mol. The van der Waals surface area contributed by atoms with Crippen LogP contribution in [0.5, 0.6) is 0 Å². The van der Waals surface area contributed by atoms with E-state index in [1.165, 1.54) is 0 Å². The van der Waals surface area contributed by atoms with Gasteiger partial charge in [-0.15, -0.1) is 0 Å². The molecule has 2 fully saturated rings. The molecule has 0 atom stereocenters. The van der Waals surface area contributed by atoms with Crippen LogP contribution in [-0.2, 0) is 14.8 Å². The Morgan fingerprint density at radius 3 is 2.45 bits per heavy atom. The molecule has 0 spiro atoms. The highest BCUT2D eigenvalue weighted by molar-refractivity contribution is 7.89. The predicted molar refractivity (Wildman–Crippen MR) is 76.0 cm³/mol. The average Bonchev–Trinajstić information content (AvgIpc) is 2.25. The zero-order valence-corrected chi connectivity index (χ0v) is 12.7. The van der Waals surface area contributed by atoms with Gasteiger partial charge in [-0.1, -0.05) is 13.3 Å². The summed E-state index contributed by atoms with van der Waals surface area (Å²) in [6.45, 7) is 2.64. The van der Waals surface area contributed by atoms with Crippen LogP contribution in [0.1, 0.15) is 39.0 Å². The predicted octanol–water partition coefficient (Wildman–Crippen LogP) is 0.643. The van der Waals surface area contributed by atoms with E-state index in [2.05, 4.69) is 4.72 Å². The Labute approximate surface area is 120 Å². The lowest BCUT2D eigenvalue weighted by atomic mass is 9.86. The van der Waals surface area contributed by atoms with Gasteiger partial charge in [0.2, 0.25) is 10.0 Å². The first-order chi connectivity index (χ1) is 9.39. The minimum absolute atomic E-state index is 0.0204. The summed E-state index contributed by atoms with van der Waals surface area (Å²) in [5.74, 6) is -0.246. The Balaban J connectivity index is 1.73. The zero-order chi connectivity index (χ0) is 14.8. The minimum atomic E-state index is -3.17. The van der Waals surface area contributed by atoms with Crippen LogP contribution in [0.25, 0.3) is 0 Å². The molecule has 0 amide bonds. The second-order valence-corrected chi connectivity index (χ2v) is 7.77. The molecule has 2 aliphatic rings. The summed E-state index contributed by atoms with van der Waals surface area (Å²) < 4.78 is 26.6. The third-order valence-electron chi connectivity index (χ3n) is 4.40. The van der Waals surface area contributed by atoms with Crippen LogP contribution in [0.3, 0.4) is 0 Å². The summed E-state index contributed by atoms with van der Waals surface area (Å²) in [6.07, 6.45) is 4.62. The van der Waals surface area contributed by atoms with E-state index in [0.717, 1.165) is 19.3 Å². The first kappa shape index (κ1) is 15.7. The number of carboxylic acid groups (broad SMARTS) is 1. The van der Waals surface area contributed by atoms with Crippen molar-refractivity contribution < 1.29 is 18.3 Å². The van der Waals surface area contributed by atoms with E-state index in [0.29, 0.717) is 25.3 Å². The van der Waals surface area contributed by atoms with Gasteiger partial charge in [-0.2, -0.15) is 0 Å². The molecular formula is C13H24N2O4S. The summed E-state index contributed by atoms with van der Waals surface area (Å²) >= 11 is 0. The summed E-state index contributed by atoms with van der Waals surface area (Å²) in [7, 11) is -3.17. The summed E-state index contributed by atoms with van der Waals surface area (Å²) in [6, 6.07) is 0.167. The van der Waals surface area contributed by atoms with Crippen LogP contribution < -0.4 is 4.72 Å². The second kappa shape index (κ2) is 6.41. The molecule has 0 radical (unpaired) electrons. The molecule has 0 aromatic heterocycles. The van der Waals surface area contributed by atoms with Crippen molar-refractivity contribution in [2.45, 2.75) is 51.1 Å². The molecule has 116 valence electrons. The fourth-order valence-electron chi connectivity index (χ4n) is 2.93. The molecule has 0 aliphatic heterocycles. The van der Waals surface area contributed by atoms with Crippen molar-refractivity contribution in [3.8, 4) is 0 Å². The molecule has 2 aliphatic carbocycles. The van der Waals surface area contributed by atoms with E-state index >= 15 is 0 Å². The second-order valence-electron chi connectivity index (χ2n) is 5.98. The van der Waals surface area contributed by atoms with Crippen molar-refractivity contribution in [3.63, 3.8) is 0 Å². The van der Waals surface area contributed by atoms with Gasteiger partial charge in [0.25, 0.3) is 0 Å². The molecule has 0 saturated heterocycles. The molecule has 0 aromatic rings. The van der Waals surface area contributed by atoms with Crippen LogP contribution in [-0.4, -0.2) is 55.3 Å². The number of nitrogens with zero attached hydrogens (tertiary/aromatic N) is 1. The van der Waals surface area contributed by atoms with Crippen molar-refractivity contribution in [1.29, 1.82) is 0 Å². The molecule has 2 N–H and O–H groups in total. The third-order valence-corrected chi connectivity index (χ3v) is 6.00. The number of carbonyl (C=O) groups is 1. The number of nitrogens with one attached hydrogen (secondary N) is 1. The maximum atomic E-state index is 11.9. The van der Waals surface area contributed by atoms with Crippen molar-refractivity contribution in [3.05, 3.63) is 0 Å². The first-order valence-corrected chi connectivity index (χ1v) is 9.00.